The van der Waals surface area contributed by atoms with Crippen molar-refractivity contribution in [1.29, 1.82) is 0 Å². The van der Waals surface area contributed by atoms with Crippen molar-refractivity contribution in [2.75, 3.05) is 18.0 Å². The second-order valence-electron chi connectivity index (χ2n) is 6.69. The van der Waals surface area contributed by atoms with Crippen LogP contribution in [0.5, 0.6) is 0 Å². The molecule has 3 rings (SSSR count). The summed E-state index contributed by atoms with van der Waals surface area (Å²) in [6, 6.07) is 7.02. The van der Waals surface area contributed by atoms with Crippen molar-refractivity contribution in [3.05, 3.63) is 35.4 Å². The standard InChI is InChI=1S/C20H25N3O3/c1-3-22(4-2)15-11-9-14(10-12-15)13-17-18(24)21-20(26)23(19(17)25)16-7-5-6-8-16/h9-13,16H,3-8H2,1-2H3,(H,21,24,26)/b17-13-. The topological polar surface area (TPSA) is 69.7 Å². The molecule has 0 spiro atoms. The summed E-state index contributed by atoms with van der Waals surface area (Å²) in [5.74, 6) is -1.11. The van der Waals surface area contributed by atoms with Gasteiger partial charge in [0.25, 0.3) is 11.8 Å². The van der Waals surface area contributed by atoms with E-state index in [0.29, 0.717) is 0 Å². The van der Waals surface area contributed by atoms with Crippen LogP contribution in [0.15, 0.2) is 29.8 Å². The molecule has 0 aromatic heterocycles. The minimum absolute atomic E-state index is 0.0205. The molecule has 138 valence electrons. The molecule has 1 N–H and O–H groups in total. The molecule has 6 nitrogen and oxygen atoms in total. The molecule has 26 heavy (non-hydrogen) atoms. The molecule has 1 aromatic rings. The zero-order chi connectivity index (χ0) is 18.7. The molecule has 1 saturated heterocycles. The monoisotopic (exact) mass is 355 g/mol. The van der Waals surface area contributed by atoms with Crippen molar-refractivity contribution in [2.45, 2.75) is 45.6 Å². The van der Waals surface area contributed by atoms with Crippen molar-refractivity contribution >= 4 is 29.6 Å². The second-order valence-corrected chi connectivity index (χ2v) is 6.69. The summed E-state index contributed by atoms with van der Waals surface area (Å²) < 4.78 is 0. The van der Waals surface area contributed by atoms with Crippen molar-refractivity contribution in [3.63, 3.8) is 0 Å². The zero-order valence-corrected chi connectivity index (χ0v) is 15.3. The highest BCUT2D eigenvalue weighted by Crippen LogP contribution is 2.27. The molecule has 0 atom stereocenters. The summed E-state index contributed by atoms with van der Waals surface area (Å²) in [6.45, 7) is 6.02. The molecule has 1 aromatic carbocycles. The van der Waals surface area contributed by atoms with E-state index in [9.17, 15) is 14.4 Å². The first-order chi connectivity index (χ1) is 12.5. The van der Waals surface area contributed by atoms with E-state index >= 15 is 0 Å². The lowest BCUT2D eigenvalue weighted by Gasteiger charge is -2.31. The number of anilines is 1. The summed E-state index contributed by atoms with van der Waals surface area (Å²) in [5, 5.41) is 2.31. The Morgan fingerprint density at radius 2 is 1.69 bits per heavy atom. The predicted octanol–water partition coefficient (Wildman–Crippen LogP) is 2.94. The van der Waals surface area contributed by atoms with Crippen LogP contribution >= 0.6 is 0 Å². The van der Waals surface area contributed by atoms with E-state index in [4.69, 9.17) is 0 Å². The molecule has 0 bridgehead atoms. The minimum atomic E-state index is -0.623. The van der Waals surface area contributed by atoms with Gasteiger partial charge in [0, 0.05) is 24.8 Å². The number of hydrogen-bond donors (Lipinski definition) is 1. The summed E-state index contributed by atoms with van der Waals surface area (Å²) >= 11 is 0. The Bertz CT molecular complexity index is 729. The van der Waals surface area contributed by atoms with Gasteiger partial charge in [0.1, 0.15) is 5.57 Å². The Morgan fingerprint density at radius 3 is 2.27 bits per heavy atom. The molecule has 1 saturated carbocycles. The number of rotatable bonds is 5. The molecule has 2 aliphatic rings. The molecule has 2 fully saturated rings. The summed E-state index contributed by atoms with van der Waals surface area (Å²) in [4.78, 5) is 40.5. The normalized spacial score (nSPS) is 20.0. The summed E-state index contributed by atoms with van der Waals surface area (Å²) in [6.07, 6.45) is 5.18. The number of carbonyl (C=O) groups is 3. The Labute approximate surface area is 153 Å². The van der Waals surface area contributed by atoms with Gasteiger partial charge in [0.2, 0.25) is 0 Å². The lowest BCUT2D eigenvalue weighted by molar-refractivity contribution is -0.131. The Kier molecular flexibility index (Phi) is 5.40. The van der Waals surface area contributed by atoms with Crippen molar-refractivity contribution in [3.8, 4) is 0 Å². The number of nitrogens with zero attached hydrogens (tertiary/aromatic N) is 2. The van der Waals surface area contributed by atoms with E-state index in [-0.39, 0.29) is 11.6 Å². The van der Waals surface area contributed by atoms with Crippen LogP contribution in [0.1, 0.15) is 45.1 Å². The summed E-state index contributed by atoms with van der Waals surface area (Å²) in [7, 11) is 0. The first-order valence-electron chi connectivity index (χ1n) is 9.30. The van der Waals surface area contributed by atoms with Crippen LogP contribution in [0.4, 0.5) is 10.5 Å². The maximum Gasteiger partial charge on any atom is 0.331 e. The number of benzene rings is 1. The van der Waals surface area contributed by atoms with E-state index < -0.39 is 17.8 Å². The largest absolute Gasteiger partial charge is 0.372 e. The first kappa shape index (κ1) is 18.2. The van der Waals surface area contributed by atoms with Gasteiger partial charge < -0.3 is 4.90 Å². The number of nitrogens with one attached hydrogen (secondary N) is 1. The number of hydrogen-bond acceptors (Lipinski definition) is 4. The van der Waals surface area contributed by atoms with Crippen LogP contribution < -0.4 is 10.2 Å². The van der Waals surface area contributed by atoms with E-state index in [0.717, 1.165) is 50.0 Å². The number of barbiturate groups is 1. The Balaban J connectivity index is 1.85. The molecular weight excluding hydrogens is 330 g/mol. The third-order valence-corrected chi connectivity index (χ3v) is 5.16. The van der Waals surface area contributed by atoms with Crippen LogP contribution in [-0.2, 0) is 9.59 Å². The number of urea groups is 1. The number of imide groups is 2. The van der Waals surface area contributed by atoms with Crippen LogP contribution in [0.2, 0.25) is 0 Å². The molecule has 1 aliphatic carbocycles. The quantitative estimate of drug-likeness (QED) is 0.651. The fourth-order valence-corrected chi connectivity index (χ4v) is 3.70. The average Bonchev–Trinajstić information content (AvgIpc) is 3.15. The van der Waals surface area contributed by atoms with E-state index in [1.165, 1.54) is 4.90 Å². The van der Waals surface area contributed by atoms with Crippen LogP contribution in [0.25, 0.3) is 6.08 Å². The van der Waals surface area contributed by atoms with Gasteiger partial charge in [0.05, 0.1) is 0 Å². The number of amides is 4. The van der Waals surface area contributed by atoms with E-state index in [1.807, 2.05) is 24.3 Å². The SMILES string of the molecule is CCN(CC)c1ccc(/C=C2/C(=O)NC(=O)N(C3CCCC3)C2=O)cc1. The fraction of sp³-hybridized carbons (Fsp3) is 0.450. The molecule has 1 aliphatic heterocycles. The van der Waals surface area contributed by atoms with Gasteiger partial charge in [-0.15, -0.1) is 0 Å². The predicted molar refractivity (Wildman–Crippen MR) is 101 cm³/mol. The average molecular weight is 355 g/mol. The molecule has 6 heteroatoms. The van der Waals surface area contributed by atoms with Crippen molar-refractivity contribution in [2.24, 2.45) is 0 Å². The van der Waals surface area contributed by atoms with E-state index in [2.05, 4.69) is 24.1 Å². The fourth-order valence-electron chi connectivity index (χ4n) is 3.70. The maximum absolute atomic E-state index is 12.8. The lowest BCUT2D eigenvalue weighted by atomic mass is 10.0. The highest BCUT2D eigenvalue weighted by molar-refractivity contribution is 6.31. The number of carbonyl (C=O) groups excluding carboxylic acids is 3. The lowest BCUT2D eigenvalue weighted by Crippen LogP contribution is -2.57. The van der Waals surface area contributed by atoms with Gasteiger partial charge in [-0.2, -0.15) is 0 Å². The Hall–Kier alpha value is -2.63. The van der Waals surface area contributed by atoms with Crippen LogP contribution in [-0.4, -0.2) is 41.9 Å². The van der Waals surface area contributed by atoms with Gasteiger partial charge in [-0.25, -0.2) is 4.79 Å². The maximum atomic E-state index is 12.8. The molecule has 0 radical (unpaired) electrons. The minimum Gasteiger partial charge on any atom is -0.372 e. The van der Waals surface area contributed by atoms with Gasteiger partial charge in [-0.1, -0.05) is 25.0 Å². The first-order valence-corrected chi connectivity index (χ1v) is 9.30. The highest BCUT2D eigenvalue weighted by atomic mass is 16.2. The van der Waals surface area contributed by atoms with Gasteiger partial charge in [-0.05, 0) is 50.5 Å². The molecule has 4 amide bonds. The molecule has 1 heterocycles. The zero-order valence-electron chi connectivity index (χ0n) is 15.3. The Morgan fingerprint density at radius 1 is 1.08 bits per heavy atom. The molecular formula is C20H25N3O3. The summed E-state index contributed by atoms with van der Waals surface area (Å²) in [5.41, 5.74) is 1.88. The third kappa shape index (κ3) is 3.49. The van der Waals surface area contributed by atoms with Gasteiger partial charge in [0.15, 0.2) is 0 Å². The van der Waals surface area contributed by atoms with Crippen LogP contribution in [0, 0.1) is 0 Å². The van der Waals surface area contributed by atoms with Crippen molar-refractivity contribution < 1.29 is 14.4 Å². The smallest absolute Gasteiger partial charge is 0.331 e. The van der Waals surface area contributed by atoms with Gasteiger partial charge >= 0.3 is 6.03 Å². The molecule has 0 unspecified atom stereocenters. The van der Waals surface area contributed by atoms with E-state index in [1.54, 1.807) is 6.08 Å². The van der Waals surface area contributed by atoms with Crippen LogP contribution in [0.3, 0.4) is 0 Å². The highest BCUT2D eigenvalue weighted by Gasteiger charge is 2.40. The second kappa shape index (κ2) is 7.72. The van der Waals surface area contributed by atoms with Gasteiger partial charge in [-0.3, -0.25) is 19.8 Å². The third-order valence-electron chi connectivity index (χ3n) is 5.16. The van der Waals surface area contributed by atoms with Crippen molar-refractivity contribution in [1.82, 2.24) is 10.2 Å².